The Labute approximate surface area is 105 Å². The smallest absolute Gasteiger partial charge is 0.0484 e. The van der Waals surface area contributed by atoms with Crippen LogP contribution in [0.15, 0.2) is 0 Å². The molecular formula is C13H27N3O. The predicted molar refractivity (Wildman–Crippen MR) is 70.1 cm³/mol. The molecule has 17 heavy (non-hydrogen) atoms. The summed E-state index contributed by atoms with van der Waals surface area (Å²) in [4.78, 5) is 5.00. The lowest BCUT2D eigenvalue weighted by atomic mass is 9.90. The number of hydrogen-bond acceptors (Lipinski definition) is 4. The van der Waals surface area contributed by atoms with E-state index in [2.05, 4.69) is 30.7 Å². The molecule has 100 valence electrons. The highest BCUT2D eigenvalue weighted by Gasteiger charge is 2.34. The highest BCUT2D eigenvalue weighted by atomic mass is 16.5. The van der Waals surface area contributed by atoms with Crippen LogP contribution < -0.4 is 5.73 Å². The summed E-state index contributed by atoms with van der Waals surface area (Å²) in [5, 5.41) is 0. The van der Waals surface area contributed by atoms with E-state index in [0.29, 0.717) is 12.1 Å². The van der Waals surface area contributed by atoms with Crippen molar-refractivity contribution in [2.75, 3.05) is 39.9 Å². The van der Waals surface area contributed by atoms with Crippen LogP contribution in [0.3, 0.4) is 0 Å². The lowest BCUT2D eigenvalue weighted by Crippen LogP contribution is -2.61. The highest BCUT2D eigenvalue weighted by molar-refractivity contribution is 4.93. The van der Waals surface area contributed by atoms with Gasteiger partial charge in [0.15, 0.2) is 0 Å². The van der Waals surface area contributed by atoms with Crippen LogP contribution in [0.4, 0.5) is 0 Å². The molecule has 4 heteroatoms. The van der Waals surface area contributed by atoms with Crippen molar-refractivity contribution in [3.05, 3.63) is 0 Å². The first-order valence-corrected chi connectivity index (χ1v) is 6.81. The maximum absolute atomic E-state index is 6.48. The van der Waals surface area contributed by atoms with Crippen molar-refractivity contribution in [3.8, 4) is 0 Å². The van der Waals surface area contributed by atoms with Gasteiger partial charge in [-0.25, -0.2) is 0 Å². The highest BCUT2D eigenvalue weighted by Crippen LogP contribution is 2.22. The first-order valence-electron chi connectivity index (χ1n) is 6.81. The molecule has 4 nitrogen and oxygen atoms in total. The largest absolute Gasteiger partial charge is 0.381 e. The number of likely N-dealkylation sites (N-methyl/N-ethyl adjacent to an activating group) is 1. The van der Waals surface area contributed by atoms with Gasteiger partial charge in [0.1, 0.15) is 0 Å². The van der Waals surface area contributed by atoms with E-state index in [1.807, 2.05) is 0 Å². The molecular weight excluding hydrogens is 214 g/mol. The third kappa shape index (κ3) is 3.19. The zero-order valence-electron chi connectivity index (χ0n) is 11.5. The summed E-state index contributed by atoms with van der Waals surface area (Å²) >= 11 is 0. The van der Waals surface area contributed by atoms with Gasteiger partial charge in [-0.2, -0.15) is 0 Å². The molecule has 2 aliphatic heterocycles. The fourth-order valence-corrected chi connectivity index (χ4v) is 3.02. The van der Waals surface area contributed by atoms with Gasteiger partial charge < -0.3 is 10.5 Å². The molecule has 0 aliphatic carbocycles. The van der Waals surface area contributed by atoms with Crippen LogP contribution in [0.25, 0.3) is 0 Å². The van der Waals surface area contributed by atoms with Crippen molar-refractivity contribution in [3.63, 3.8) is 0 Å². The first-order chi connectivity index (χ1) is 8.00. The molecule has 0 aromatic carbocycles. The fraction of sp³-hybridized carbons (Fsp3) is 1.00. The van der Waals surface area contributed by atoms with Crippen molar-refractivity contribution in [2.45, 2.75) is 44.3 Å². The molecule has 2 aliphatic rings. The Hall–Kier alpha value is -0.160. The lowest BCUT2D eigenvalue weighted by molar-refractivity contribution is 0.00927. The number of ether oxygens (including phenoxy) is 1. The van der Waals surface area contributed by atoms with E-state index in [1.54, 1.807) is 0 Å². The van der Waals surface area contributed by atoms with E-state index in [1.165, 1.54) is 0 Å². The maximum Gasteiger partial charge on any atom is 0.0484 e. The average molecular weight is 241 g/mol. The van der Waals surface area contributed by atoms with E-state index in [0.717, 1.165) is 45.7 Å². The molecule has 0 aromatic heterocycles. The Bertz CT molecular complexity index is 241. The van der Waals surface area contributed by atoms with Crippen LogP contribution in [0.2, 0.25) is 0 Å². The van der Waals surface area contributed by atoms with Crippen molar-refractivity contribution in [1.82, 2.24) is 9.80 Å². The molecule has 2 unspecified atom stereocenters. The van der Waals surface area contributed by atoms with Gasteiger partial charge in [0.25, 0.3) is 0 Å². The molecule has 0 aromatic rings. The third-order valence-electron chi connectivity index (χ3n) is 4.46. The predicted octanol–water partition coefficient (Wildman–Crippen LogP) is 0.519. The van der Waals surface area contributed by atoms with Crippen LogP contribution >= 0.6 is 0 Å². The molecule has 2 atom stereocenters. The zero-order valence-corrected chi connectivity index (χ0v) is 11.5. The van der Waals surface area contributed by atoms with Crippen molar-refractivity contribution < 1.29 is 4.74 Å². The molecule has 2 heterocycles. The molecule has 2 fully saturated rings. The Morgan fingerprint density at radius 1 is 1.18 bits per heavy atom. The molecule has 0 saturated carbocycles. The van der Waals surface area contributed by atoms with E-state index in [-0.39, 0.29) is 5.54 Å². The van der Waals surface area contributed by atoms with Gasteiger partial charge in [0, 0.05) is 50.5 Å². The number of hydrogen-bond donors (Lipinski definition) is 1. The van der Waals surface area contributed by atoms with Gasteiger partial charge in [-0.05, 0) is 33.7 Å². The summed E-state index contributed by atoms with van der Waals surface area (Å²) in [6, 6.07) is 1.25. The molecule has 0 bridgehead atoms. The van der Waals surface area contributed by atoms with Crippen molar-refractivity contribution in [1.29, 1.82) is 0 Å². The quantitative estimate of drug-likeness (QED) is 0.765. The minimum atomic E-state index is -0.0202. The van der Waals surface area contributed by atoms with Crippen LogP contribution in [-0.2, 0) is 4.74 Å². The molecule has 2 saturated heterocycles. The number of nitrogens with zero attached hydrogens (tertiary/aromatic N) is 2. The van der Waals surface area contributed by atoms with Gasteiger partial charge in [-0.15, -0.1) is 0 Å². The summed E-state index contributed by atoms with van der Waals surface area (Å²) < 4.78 is 5.41. The molecule has 0 amide bonds. The second-order valence-electron chi connectivity index (χ2n) is 6.03. The Morgan fingerprint density at radius 2 is 1.71 bits per heavy atom. The maximum atomic E-state index is 6.48. The second kappa shape index (κ2) is 5.22. The van der Waals surface area contributed by atoms with E-state index >= 15 is 0 Å². The van der Waals surface area contributed by atoms with Gasteiger partial charge in [-0.1, -0.05) is 0 Å². The SMILES string of the molecule is CC1CN(CC2(N)CCOCC2)CC(C)N1C. The van der Waals surface area contributed by atoms with E-state index in [4.69, 9.17) is 10.5 Å². The Morgan fingerprint density at radius 3 is 2.24 bits per heavy atom. The minimum Gasteiger partial charge on any atom is -0.381 e. The normalized spacial score (nSPS) is 36.0. The van der Waals surface area contributed by atoms with Gasteiger partial charge in [0.05, 0.1) is 0 Å². The van der Waals surface area contributed by atoms with Gasteiger partial charge >= 0.3 is 0 Å². The van der Waals surface area contributed by atoms with Crippen LogP contribution in [0, 0.1) is 0 Å². The minimum absolute atomic E-state index is 0.0202. The second-order valence-corrected chi connectivity index (χ2v) is 6.03. The van der Waals surface area contributed by atoms with E-state index in [9.17, 15) is 0 Å². The molecule has 2 rings (SSSR count). The zero-order chi connectivity index (χ0) is 12.5. The average Bonchev–Trinajstić information content (AvgIpc) is 2.26. The summed E-state index contributed by atoms with van der Waals surface area (Å²) in [5.41, 5.74) is 6.46. The number of nitrogens with two attached hydrogens (primary N) is 1. The first kappa shape index (κ1) is 13.3. The number of rotatable bonds is 2. The van der Waals surface area contributed by atoms with Gasteiger partial charge in [-0.3, -0.25) is 9.80 Å². The monoisotopic (exact) mass is 241 g/mol. The van der Waals surface area contributed by atoms with Crippen LogP contribution in [0.5, 0.6) is 0 Å². The number of piperazine rings is 1. The Kier molecular flexibility index (Phi) is 4.08. The fourth-order valence-electron chi connectivity index (χ4n) is 3.02. The lowest BCUT2D eigenvalue weighted by Gasteiger charge is -2.46. The Balaban J connectivity index is 1.90. The molecule has 0 radical (unpaired) electrons. The standard InChI is InChI=1S/C13H27N3O/c1-11-8-16(9-12(2)15(11)3)10-13(14)4-6-17-7-5-13/h11-12H,4-10,14H2,1-3H3. The van der Waals surface area contributed by atoms with Crippen molar-refractivity contribution >= 4 is 0 Å². The molecule has 0 spiro atoms. The van der Waals surface area contributed by atoms with Crippen LogP contribution in [0.1, 0.15) is 26.7 Å². The summed E-state index contributed by atoms with van der Waals surface area (Å²) in [7, 11) is 2.22. The topological polar surface area (TPSA) is 41.7 Å². The summed E-state index contributed by atoms with van der Waals surface area (Å²) in [6.07, 6.45) is 2.00. The van der Waals surface area contributed by atoms with Gasteiger partial charge in [0.2, 0.25) is 0 Å². The summed E-state index contributed by atoms with van der Waals surface area (Å²) in [6.45, 7) is 9.57. The third-order valence-corrected chi connectivity index (χ3v) is 4.46. The van der Waals surface area contributed by atoms with E-state index < -0.39 is 0 Å². The van der Waals surface area contributed by atoms with Crippen molar-refractivity contribution in [2.24, 2.45) is 5.73 Å². The summed E-state index contributed by atoms with van der Waals surface area (Å²) in [5.74, 6) is 0. The van der Waals surface area contributed by atoms with Crippen LogP contribution in [-0.4, -0.2) is 67.3 Å². The molecule has 2 N–H and O–H groups in total.